The standard InChI is InChI=1S/C29H31N3O/c1-18-8-6-9-22(14-18)23-11-10-19(2)15-24(23)27(33)32-13-7-12-29(32,5)28-30-25-16-20(3)21(4)17-26(25)31-28/h6,8-11,14-17H,7,12-13H2,1-5H3,(H,30,31)/t29-/m0/s1. The molecule has 168 valence electrons. The van der Waals surface area contributed by atoms with E-state index in [-0.39, 0.29) is 5.91 Å². The summed E-state index contributed by atoms with van der Waals surface area (Å²) in [6, 6.07) is 18.9. The second kappa shape index (κ2) is 7.87. The van der Waals surface area contributed by atoms with Crippen molar-refractivity contribution in [1.82, 2.24) is 14.9 Å². The van der Waals surface area contributed by atoms with Gasteiger partial charge in [0.2, 0.25) is 0 Å². The summed E-state index contributed by atoms with van der Waals surface area (Å²) in [5.41, 5.74) is 9.10. The number of rotatable bonds is 3. The average molecular weight is 438 g/mol. The number of amides is 1. The zero-order valence-electron chi connectivity index (χ0n) is 20.1. The minimum atomic E-state index is -0.467. The van der Waals surface area contributed by atoms with E-state index in [4.69, 9.17) is 4.98 Å². The zero-order valence-corrected chi connectivity index (χ0v) is 20.1. The lowest BCUT2D eigenvalue weighted by molar-refractivity contribution is 0.0606. The van der Waals surface area contributed by atoms with E-state index >= 15 is 0 Å². The van der Waals surface area contributed by atoms with Crippen LogP contribution in [0, 0.1) is 27.7 Å². The van der Waals surface area contributed by atoms with Gasteiger partial charge >= 0.3 is 0 Å². The Labute approximate surface area is 195 Å². The highest BCUT2D eigenvalue weighted by Crippen LogP contribution is 2.40. The van der Waals surface area contributed by atoms with Crippen LogP contribution in [0.5, 0.6) is 0 Å². The molecule has 2 heterocycles. The number of H-pyrrole nitrogens is 1. The lowest BCUT2D eigenvalue weighted by atomic mass is 9.93. The van der Waals surface area contributed by atoms with Crippen molar-refractivity contribution in [2.45, 2.75) is 53.0 Å². The SMILES string of the molecule is Cc1cccc(-c2ccc(C)cc2C(=O)N2CCC[C@@]2(C)c2nc3cc(C)c(C)cc3[nH]2)c1. The maximum absolute atomic E-state index is 14.1. The van der Waals surface area contributed by atoms with E-state index in [0.29, 0.717) is 0 Å². The summed E-state index contributed by atoms with van der Waals surface area (Å²) < 4.78 is 0. The maximum atomic E-state index is 14.1. The highest BCUT2D eigenvalue weighted by molar-refractivity contribution is 6.01. The molecule has 0 bridgehead atoms. The van der Waals surface area contributed by atoms with Crippen molar-refractivity contribution in [3.63, 3.8) is 0 Å². The molecule has 1 saturated heterocycles. The molecule has 0 spiro atoms. The molecule has 5 rings (SSSR count). The molecule has 4 nitrogen and oxygen atoms in total. The first-order valence-corrected chi connectivity index (χ1v) is 11.7. The van der Waals surface area contributed by atoms with E-state index in [2.05, 4.69) is 81.2 Å². The molecule has 1 amide bonds. The molecule has 1 fully saturated rings. The van der Waals surface area contributed by atoms with Crippen molar-refractivity contribution < 1.29 is 4.79 Å². The molecule has 1 N–H and O–H groups in total. The van der Waals surface area contributed by atoms with E-state index in [1.165, 1.54) is 16.7 Å². The Morgan fingerprint density at radius 1 is 0.970 bits per heavy atom. The van der Waals surface area contributed by atoms with Gasteiger partial charge in [-0.15, -0.1) is 0 Å². The lowest BCUT2D eigenvalue weighted by Gasteiger charge is -2.34. The molecule has 3 aromatic carbocycles. The van der Waals surface area contributed by atoms with Gasteiger partial charge in [0.25, 0.3) is 5.91 Å². The highest BCUT2D eigenvalue weighted by atomic mass is 16.2. The zero-order chi connectivity index (χ0) is 23.3. The third kappa shape index (κ3) is 3.64. The number of carbonyl (C=O) groups is 1. The van der Waals surface area contributed by atoms with Gasteiger partial charge in [-0.3, -0.25) is 4.79 Å². The van der Waals surface area contributed by atoms with Crippen LogP contribution in [0.3, 0.4) is 0 Å². The fourth-order valence-electron chi connectivity index (χ4n) is 5.10. The number of benzene rings is 3. The van der Waals surface area contributed by atoms with Gasteiger partial charge in [-0.2, -0.15) is 0 Å². The first kappa shape index (κ1) is 21.4. The number of aryl methyl sites for hydroxylation is 4. The van der Waals surface area contributed by atoms with Gasteiger partial charge in [-0.25, -0.2) is 4.98 Å². The molecule has 1 atom stereocenters. The summed E-state index contributed by atoms with van der Waals surface area (Å²) in [5.74, 6) is 0.945. The number of aromatic nitrogens is 2. The van der Waals surface area contributed by atoms with E-state index in [1.807, 2.05) is 17.9 Å². The third-order valence-corrected chi connectivity index (χ3v) is 7.23. The van der Waals surface area contributed by atoms with Crippen molar-refractivity contribution in [1.29, 1.82) is 0 Å². The van der Waals surface area contributed by atoms with Gasteiger partial charge in [0.05, 0.1) is 16.6 Å². The number of aromatic amines is 1. The average Bonchev–Trinajstić information content (AvgIpc) is 3.38. The van der Waals surface area contributed by atoms with Crippen molar-refractivity contribution in [2.75, 3.05) is 6.54 Å². The van der Waals surface area contributed by atoms with Crippen LogP contribution in [-0.2, 0) is 5.54 Å². The smallest absolute Gasteiger partial charge is 0.255 e. The van der Waals surface area contributed by atoms with E-state index < -0.39 is 5.54 Å². The Hall–Kier alpha value is -3.40. The topological polar surface area (TPSA) is 49.0 Å². The molecule has 1 aromatic heterocycles. The quantitative estimate of drug-likeness (QED) is 0.392. The third-order valence-electron chi connectivity index (χ3n) is 7.23. The molecule has 4 aromatic rings. The highest BCUT2D eigenvalue weighted by Gasteiger charge is 2.44. The van der Waals surface area contributed by atoms with Gasteiger partial charge < -0.3 is 9.88 Å². The Morgan fingerprint density at radius 2 is 1.73 bits per heavy atom. The fourth-order valence-corrected chi connectivity index (χ4v) is 5.10. The van der Waals surface area contributed by atoms with Crippen LogP contribution in [0.2, 0.25) is 0 Å². The molecule has 1 aliphatic heterocycles. The van der Waals surface area contributed by atoms with Crippen LogP contribution < -0.4 is 0 Å². The Bertz CT molecular complexity index is 1340. The predicted octanol–water partition coefficient (Wildman–Crippen LogP) is 6.61. The van der Waals surface area contributed by atoms with E-state index in [0.717, 1.165) is 58.5 Å². The molecule has 1 aliphatic rings. The molecule has 0 unspecified atom stereocenters. The van der Waals surface area contributed by atoms with Crippen LogP contribution in [-0.4, -0.2) is 27.3 Å². The fraction of sp³-hybridized carbons (Fsp3) is 0.310. The van der Waals surface area contributed by atoms with E-state index in [1.54, 1.807) is 0 Å². The van der Waals surface area contributed by atoms with Crippen LogP contribution in [0.4, 0.5) is 0 Å². The minimum Gasteiger partial charge on any atom is -0.340 e. The molecular weight excluding hydrogens is 406 g/mol. The number of nitrogens with one attached hydrogen (secondary N) is 1. The summed E-state index contributed by atoms with van der Waals surface area (Å²) in [4.78, 5) is 24.6. The van der Waals surface area contributed by atoms with Crippen molar-refractivity contribution >= 4 is 16.9 Å². The summed E-state index contributed by atoms with van der Waals surface area (Å²) in [6.45, 7) is 11.2. The molecule has 33 heavy (non-hydrogen) atoms. The summed E-state index contributed by atoms with van der Waals surface area (Å²) in [6.07, 6.45) is 1.85. The predicted molar refractivity (Wildman–Crippen MR) is 135 cm³/mol. The number of nitrogens with zero attached hydrogens (tertiary/aromatic N) is 2. The van der Waals surface area contributed by atoms with Crippen molar-refractivity contribution in [3.05, 3.63) is 88.2 Å². The monoisotopic (exact) mass is 437 g/mol. The van der Waals surface area contributed by atoms with Gasteiger partial charge in [0.1, 0.15) is 5.82 Å². The maximum Gasteiger partial charge on any atom is 0.255 e. The van der Waals surface area contributed by atoms with Gasteiger partial charge in [0.15, 0.2) is 0 Å². The Kier molecular flexibility index (Phi) is 5.12. The summed E-state index contributed by atoms with van der Waals surface area (Å²) in [5, 5.41) is 0. The molecule has 0 radical (unpaired) electrons. The van der Waals surface area contributed by atoms with Crippen LogP contribution in [0.1, 0.15) is 58.2 Å². The van der Waals surface area contributed by atoms with Crippen LogP contribution in [0.25, 0.3) is 22.2 Å². The van der Waals surface area contributed by atoms with Crippen LogP contribution >= 0.6 is 0 Å². The molecule has 0 aliphatic carbocycles. The number of carbonyl (C=O) groups excluding carboxylic acids is 1. The minimum absolute atomic E-state index is 0.0722. The van der Waals surface area contributed by atoms with Gasteiger partial charge in [0, 0.05) is 12.1 Å². The normalized spacial score (nSPS) is 18.3. The first-order chi connectivity index (χ1) is 15.8. The molecule has 0 saturated carbocycles. The lowest BCUT2D eigenvalue weighted by Crippen LogP contribution is -2.43. The Morgan fingerprint density at radius 3 is 2.52 bits per heavy atom. The number of hydrogen-bond donors (Lipinski definition) is 1. The molecular formula is C29H31N3O. The number of fused-ring (bicyclic) bond motifs is 1. The second-order valence-corrected chi connectivity index (χ2v) is 9.79. The summed E-state index contributed by atoms with van der Waals surface area (Å²) >= 11 is 0. The van der Waals surface area contributed by atoms with Crippen molar-refractivity contribution in [3.8, 4) is 11.1 Å². The van der Waals surface area contributed by atoms with E-state index in [9.17, 15) is 4.79 Å². The number of likely N-dealkylation sites (tertiary alicyclic amines) is 1. The van der Waals surface area contributed by atoms with Gasteiger partial charge in [-0.1, -0.05) is 47.5 Å². The second-order valence-electron chi connectivity index (χ2n) is 9.79. The largest absolute Gasteiger partial charge is 0.340 e. The number of hydrogen-bond acceptors (Lipinski definition) is 2. The molecule has 4 heteroatoms. The van der Waals surface area contributed by atoms with Crippen LogP contribution in [0.15, 0.2) is 54.6 Å². The van der Waals surface area contributed by atoms with Gasteiger partial charge in [-0.05, 0) is 87.9 Å². The number of imidazole rings is 1. The Balaban J connectivity index is 1.58. The summed E-state index contributed by atoms with van der Waals surface area (Å²) in [7, 11) is 0. The first-order valence-electron chi connectivity index (χ1n) is 11.7. The van der Waals surface area contributed by atoms with Crippen molar-refractivity contribution in [2.24, 2.45) is 0 Å².